The SMILES string of the molecule is Cc1occc1C(=O)N1CCCn2nc(C(O)c3ccnn3C)cc2C1. The number of carbonyl (C=O) groups excluding carboxylic acids is 1. The van der Waals surface area contributed by atoms with Gasteiger partial charge in [-0.05, 0) is 31.5 Å². The van der Waals surface area contributed by atoms with Crippen molar-refractivity contribution < 1.29 is 14.3 Å². The molecule has 136 valence electrons. The van der Waals surface area contributed by atoms with Crippen LogP contribution in [0.1, 0.15) is 45.7 Å². The highest BCUT2D eigenvalue weighted by atomic mass is 16.3. The van der Waals surface area contributed by atoms with E-state index in [2.05, 4.69) is 10.2 Å². The second-order valence-electron chi connectivity index (χ2n) is 6.54. The van der Waals surface area contributed by atoms with Gasteiger partial charge in [0.25, 0.3) is 5.91 Å². The Morgan fingerprint density at radius 2 is 2.19 bits per heavy atom. The van der Waals surface area contributed by atoms with Crippen LogP contribution >= 0.6 is 0 Å². The summed E-state index contributed by atoms with van der Waals surface area (Å²) >= 11 is 0. The zero-order valence-corrected chi connectivity index (χ0v) is 14.8. The number of hydrogen-bond acceptors (Lipinski definition) is 5. The van der Waals surface area contributed by atoms with Crippen molar-refractivity contribution in [3.05, 3.63) is 59.1 Å². The minimum absolute atomic E-state index is 0.0420. The lowest BCUT2D eigenvalue weighted by atomic mass is 10.1. The largest absolute Gasteiger partial charge is 0.469 e. The second kappa shape index (κ2) is 6.45. The number of hydrogen-bond donors (Lipinski definition) is 1. The third-order valence-electron chi connectivity index (χ3n) is 4.83. The van der Waals surface area contributed by atoms with Crippen molar-refractivity contribution in [3.63, 3.8) is 0 Å². The van der Waals surface area contributed by atoms with E-state index < -0.39 is 6.10 Å². The molecule has 3 aromatic rings. The van der Waals surface area contributed by atoms with Gasteiger partial charge in [-0.3, -0.25) is 14.2 Å². The fourth-order valence-corrected chi connectivity index (χ4v) is 3.37. The fourth-order valence-electron chi connectivity index (χ4n) is 3.37. The van der Waals surface area contributed by atoms with E-state index in [0.717, 1.165) is 12.1 Å². The molecule has 3 aromatic heterocycles. The van der Waals surface area contributed by atoms with Crippen molar-refractivity contribution in [1.29, 1.82) is 0 Å². The quantitative estimate of drug-likeness (QED) is 0.772. The highest BCUT2D eigenvalue weighted by Crippen LogP contribution is 2.24. The van der Waals surface area contributed by atoms with Crippen LogP contribution in [-0.4, -0.2) is 42.0 Å². The summed E-state index contributed by atoms with van der Waals surface area (Å²) in [5, 5.41) is 19.3. The lowest BCUT2D eigenvalue weighted by Gasteiger charge is -2.19. The minimum Gasteiger partial charge on any atom is -0.469 e. The van der Waals surface area contributed by atoms with Gasteiger partial charge in [0.2, 0.25) is 0 Å². The topological polar surface area (TPSA) is 89.3 Å². The Hall–Kier alpha value is -2.87. The van der Waals surface area contributed by atoms with Crippen LogP contribution in [0.4, 0.5) is 0 Å². The van der Waals surface area contributed by atoms with Gasteiger partial charge < -0.3 is 14.4 Å². The summed E-state index contributed by atoms with van der Waals surface area (Å²) in [4.78, 5) is 14.6. The maximum atomic E-state index is 12.8. The van der Waals surface area contributed by atoms with E-state index >= 15 is 0 Å². The monoisotopic (exact) mass is 355 g/mol. The Morgan fingerprint density at radius 1 is 1.35 bits per heavy atom. The zero-order valence-electron chi connectivity index (χ0n) is 14.8. The van der Waals surface area contributed by atoms with Gasteiger partial charge in [-0.25, -0.2) is 0 Å². The lowest BCUT2D eigenvalue weighted by Crippen LogP contribution is -2.30. The maximum Gasteiger partial charge on any atom is 0.257 e. The predicted octanol–water partition coefficient (Wildman–Crippen LogP) is 1.65. The van der Waals surface area contributed by atoms with Gasteiger partial charge in [-0.1, -0.05) is 0 Å². The van der Waals surface area contributed by atoms with Crippen molar-refractivity contribution in [2.24, 2.45) is 7.05 Å². The van der Waals surface area contributed by atoms with Crippen molar-refractivity contribution in [1.82, 2.24) is 24.5 Å². The van der Waals surface area contributed by atoms with E-state index in [1.165, 1.54) is 6.26 Å². The number of amides is 1. The summed E-state index contributed by atoms with van der Waals surface area (Å²) < 4.78 is 8.77. The number of rotatable bonds is 3. The van der Waals surface area contributed by atoms with Crippen LogP contribution in [0.5, 0.6) is 0 Å². The molecule has 0 spiro atoms. The second-order valence-corrected chi connectivity index (χ2v) is 6.54. The van der Waals surface area contributed by atoms with Gasteiger partial charge in [0, 0.05) is 26.3 Å². The number of aliphatic hydroxyl groups excluding tert-OH is 1. The molecule has 0 bridgehead atoms. The summed E-state index contributed by atoms with van der Waals surface area (Å²) in [5.74, 6) is 0.583. The molecule has 1 aliphatic heterocycles. The third kappa shape index (κ3) is 2.82. The molecule has 1 amide bonds. The van der Waals surface area contributed by atoms with Crippen LogP contribution < -0.4 is 0 Å². The Bertz CT molecular complexity index is 938. The van der Waals surface area contributed by atoms with Gasteiger partial charge in [-0.15, -0.1) is 0 Å². The number of aryl methyl sites for hydroxylation is 3. The van der Waals surface area contributed by atoms with Crippen LogP contribution in [0.15, 0.2) is 35.1 Å². The molecule has 0 radical (unpaired) electrons. The molecule has 8 nitrogen and oxygen atoms in total. The number of fused-ring (bicyclic) bond motifs is 1. The Morgan fingerprint density at radius 3 is 2.88 bits per heavy atom. The van der Waals surface area contributed by atoms with Crippen LogP contribution in [-0.2, 0) is 20.1 Å². The summed E-state index contributed by atoms with van der Waals surface area (Å²) in [7, 11) is 1.78. The lowest BCUT2D eigenvalue weighted by molar-refractivity contribution is 0.0744. The number of carbonyl (C=O) groups is 1. The molecule has 1 aliphatic rings. The van der Waals surface area contributed by atoms with E-state index in [1.54, 1.807) is 41.9 Å². The van der Waals surface area contributed by atoms with E-state index in [-0.39, 0.29) is 5.91 Å². The van der Waals surface area contributed by atoms with Crippen LogP contribution in [0.25, 0.3) is 0 Å². The molecule has 1 N–H and O–H groups in total. The first-order valence-corrected chi connectivity index (χ1v) is 8.60. The van der Waals surface area contributed by atoms with E-state index in [0.29, 0.717) is 42.3 Å². The smallest absolute Gasteiger partial charge is 0.257 e. The first-order valence-electron chi connectivity index (χ1n) is 8.60. The predicted molar refractivity (Wildman–Crippen MR) is 92.3 cm³/mol. The highest BCUT2D eigenvalue weighted by molar-refractivity contribution is 5.95. The number of nitrogens with zero attached hydrogens (tertiary/aromatic N) is 5. The standard InChI is InChI=1S/C18H21N5O3/c1-12-14(5-9-26-12)18(25)22-7-3-8-23-13(11-22)10-15(20-23)17(24)16-4-6-19-21(16)2/h4-6,9-10,17,24H,3,7-8,11H2,1-2H3. The molecule has 0 saturated heterocycles. The molecule has 8 heteroatoms. The van der Waals surface area contributed by atoms with Crippen molar-refractivity contribution >= 4 is 5.91 Å². The molecular formula is C18H21N5O3. The fraction of sp³-hybridized carbons (Fsp3) is 0.389. The first-order chi connectivity index (χ1) is 12.5. The van der Waals surface area contributed by atoms with Crippen LogP contribution in [0, 0.1) is 6.92 Å². The molecular weight excluding hydrogens is 334 g/mol. The van der Waals surface area contributed by atoms with Gasteiger partial charge in [0.15, 0.2) is 0 Å². The van der Waals surface area contributed by atoms with E-state index in [1.807, 2.05) is 10.7 Å². The minimum atomic E-state index is -0.845. The normalized spacial score (nSPS) is 15.6. The van der Waals surface area contributed by atoms with Gasteiger partial charge >= 0.3 is 0 Å². The average molecular weight is 355 g/mol. The first kappa shape index (κ1) is 16.6. The Labute approximate surface area is 150 Å². The summed E-state index contributed by atoms with van der Waals surface area (Å²) in [6.45, 7) is 3.61. The molecule has 0 aromatic carbocycles. The van der Waals surface area contributed by atoms with Gasteiger partial charge in [-0.2, -0.15) is 10.2 Å². The third-order valence-corrected chi connectivity index (χ3v) is 4.83. The molecule has 1 unspecified atom stereocenters. The summed E-state index contributed by atoms with van der Waals surface area (Å²) in [6.07, 6.45) is 3.14. The molecule has 1 atom stereocenters. The van der Waals surface area contributed by atoms with Gasteiger partial charge in [0.05, 0.1) is 35.5 Å². The van der Waals surface area contributed by atoms with Gasteiger partial charge in [0.1, 0.15) is 11.9 Å². The average Bonchev–Trinajstić information content (AvgIpc) is 3.31. The molecule has 4 heterocycles. The highest BCUT2D eigenvalue weighted by Gasteiger charge is 2.25. The van der Waals surface area contributed by atoms with Crippen LogP contribution in [0.3, 0.4) is 0 Å². The van der Waals surface area contributed by atoms with E-state index in [9.17, 15) is 9.90 Å². The van der Waals surface area contributed by atoms with Crippen molar-refractivity contribution in [2.45, 2.75) is 32.5 Å². The Balaban J connectivity index is 1.59. The molecule has 26 heavy (non-hydrogen) atoms. The number of furan rings is 1. The molecule has 0 saturated carbocycles. The van der Waals surface area contributed by atoms with E-state index in [4.69, 9.17) is 4.42 Å². The maximum absolute atomic E-state index is 12.8. The Kier molecular flexibility index (Phi) is 4.12. The molecule has 4 rings (SSSR count). The number of aromatic nitrogens is 4. The zero-order chi connectivity index (χ0) is 18.3. The van der Waals surface area contributed by atoms with Crippen LogP contribution in [0.2, 0.25) is 0 Å². The molecule has 0 aliphatic carbocycles. The summed E-state index contributed by atoms with van der Waals surface area (Å²) in [6, 6.07) is 5.34. The number of aliphatic hydroxyl groups is 1. The summed E-state index contributed by atoms with van der Waals surface area (Å²) in [5.41, 5.74) is 2.75. The molecule has 0 fully saturated rings. The van der Waals surface area contributed by atoms with Crippen molar-refractivity contribution in [3.8, 4) is 0 Å². The van der Waals surface area contributed by atoms with Crippen molar-refractivity contribution in [2.75, 3.05) is 6.54 Å².